The van der Waals surface area contributed by atoms with Crippen LogP contribution in [0.1, 0.15) is 50.0 Å². The molecule has 0 spiro atoms. The zero-order valence-corrected chi connectivity index (χ0v) is 15.6. The van der Waals surface area contributed by atoms with Crippen molar-refractivity contribution >= 4 is 10.8 Å². The normalized spacial score (nSPS) is 20.0. The van der Waals surface area contributed by atoms with Gasteiger partial charge in [-0.2, -0.15) is 13.2 Å². The molecule has 28 heavy (non-hydrogen) atoms. The molecule has 6 heteroatoms. The first-order valence-corrected chi connectivity index (χ1v) is 9.42. The molecule has 150 valence electrons. The van der Waals surface area contributed by atoms with Gasteiger partial charge in [0.1, 0.15) is 5.82 Å². The highest BCUT2D eigenvalue weighted by Crippen LogP contribution is 2.30. The van der Waals surface area contributed by atoms with E-state index in [1.807, 2.05) is 5.92 Å². The summed E-state index contributed by atoms with van der Waals surface area (Å²) in [6.07, 6.45) is -0.562. The molecule has 0 radical (unpaired) electrons. The number of alkyl halides is 3. The maximum Gasteiger partial charge on any atom is 0.458 e. The molecule has 0 amide bonds. The van der Waals surface area contributed by atoms with Crippen LogP contribution in [0.15, 0.2) is 30.3 Å². The molecule has 1 fully saturated rings. The Labute approximate surface area is 161 Å². The van der Waals surface area contributed by atoms with Crippen LogP contribution in [0.5, 0.6) is 0 Å². The molecule has 0 aromatic heterocycles. The Kier molecular flexibility index (Phi) is 6.58. The number of benzene rings is 2. The highest BCUT2D eigenvalue weighted by atomic mass is 19.4. The molecule has 2 aromatic rings. The molecule has 1 saturated heterocycles. The second-order valence-corrected chi connectivity index (χ2v) is 7.02. The maximum absolute atomic E-state index is 14.5. The number of hydrogen-bond acceptors (Lipinski definition) is 2. The van der Waals surface area contributed by atoms with Gasteiger partial charge in [0.15, 0.2) is 6.29 Å². The van der Waals surface area contributed by atoms with Gasteiger partial charge in [0.05, 0.1) is 18.8 Å². The zero-order valence-electron chi connectivity index (χ0n) is 15.6. The Morgan fingerprint density at radius 3 is 2.50 bits per heavy atom. The van der Waals surface area contributed by atoms with Crippen molar-refractivity contribution in [3.63, 3.8) is 0 Å². The second-order valence-electron chi connectivity index (χ2n) is 7.02. The van der Waals surface area contributed by atoms with Gasteiger partial charge in [0.2, 0.25) is 0 Å². The minimum atomic E-state index is -4.66. The zero-order chi connectivity index (χ0) is 20.1. The lowest BCUT2D eigenvalue weighted by molar-refractivity contribution is -0.206. The molecule has 1 aliphatic heterocycles. The summed E-state index contributed by atoms with van der Waals surface area (Å²) in [5.74, 6) is 2.57. The fourth-order valence-electron chi connectivity index (χ4n) is 3.28. The minimum absolute atomic E-state index is 0.214. The molecule has 0 atom stereocenters. The van der Waals surface area contributed by atoms with Crippen molar-refractivity contribution < 1.29 is 27.0 Å². The highest BCUT2D eigenvalue weighted by molar-refractivity contribution is 5.85. The van der Waals surface area contributed by atoms with E-state index in [1.165, 1.54) is 25.0 Å². The molecular formula is C22H22F4O2. The number of hydrogen-bond donors (Lipinski definition) is 0. The third-order valence-electron chi connectivity index (χ3n) is 4.77. The quantitative estimate of drug-likeness (QED) is 0.345. The standard InChI is InChI=1S/C22H22F4O2/c1-2-3-4-5-15-13-27-21(28-14-15)18-8-9-19-17(12-18)7-6-16(20(19)23)10-11-22(24,25)26/h6-9,12,15,21H,2-5,13-14H2,1H3. The lowest BCUT2D eigenvalue weighted by atomic mass is 10.0. The smallest absolute Gasteiger partial charge is 0.348 e. The van der Waals surface area contributed by atoms with Crippen LogP contribution in [0.25, 0.3) is 10.8 Å². The van der Waals surface area contributed by atoms with Crippen molar-refractivity contribution in [3.8, 4) is 11.8 Å². The van der Waals surface area contributed by atoms with E-state index < -0.39 is 18.3 Å². The maximum atomic E-state index is 14.5. The van der Waals surface area contributed by atoms with Gasteiger partial charge in [-0.15, -0.1) is 0 Å². The number of fused-ring (bicyclic) bond motifs is 1. The van der Waals surface area contributed by atoms with Crippen LogP contribution in [0.3, 0.4) is 0 Å². The van der Waals surface area contributed by atoms with E-state index in [1.54, 1.807) is 18.2 Å². The predicted octanol–water partition coefficient (Wildman–Crippen LogP) is 6.13. The predicted molar refractivity (Wildman–Crippen MR) is 99.1 cm³/mol. The highest BCUT2D eigenvalue weighted by Gasteiger charge is 2.24. The van der Waals surface area contributed by atoms with Crippen molar-refractivity contribution in [3.05, 3.63) is 47.3 Å². The molecular weight excluding hydrogens is 372 g/mol. The van der Waals surface area contributed by atoms with Gasteiger partial charge in [-0.3, -0.25) is 0 Å². The third kappa shape index (κ3) is 5.24. The Balaban J connectivity index is 1.72. The van der Waals surface area contributed by atoms with Gasteiger partial charge < -0.3 is 9.47 Å². The van der Waals surface area contributed by atoms with Gasteiger partial charge in [-0.1, -0.05) is 50.3 Å². The van der Waals surface area contributed by atoms with E-state index in [-0.39, 0.29) is 10.9 Å². The van der Waals surface area contributed by atoms with Crippen LogP contribution < -0.4 is 0 Å². The first-order valence-electron chi connectivity index (χ1n) is 9.42. The van der Waals surface area contributed by atoms with E-state index in [0.29, 0.717) is 24.5 Å². The molecule has 0 N–H and O–H groups in total. The lowest BCUT2D eigenvalue weighted by Crippen LogP contribution is -2.27. The first kappa shape index (κ1) is 20.6. The molecule has 1 heterocycles. The SMILES string of the molecule is CCCCCC1COC(c2ccc3c(F)c(C#CC(F)(F)F)ccc3c2)OC1. The summed E-state index contributed by atoms with van der Waals surface area (Å²) in [5, 5.41) is 0.774. The first-order chi connectivity index (χ1) is 13.4. The van der Waals surface area contributed by atoms with E-state index in [2.05, 4.69) is 6.92 Å². The van der Waals surface area contributed by atoms with Gasteiger partial charge >= 0.3 is 6.18 Å². The van der Waals surface area contributed by atoms with Crippen molar-refractivity contribution in [2.24, 2.45) is 5.92 Å². The monoisotopic (exact) mass is 394 g/mol. The summed E-state index contributed by atoms with van der Waals surface area (Å²) in [4.78, 5) is 0. The number of rotatable bonds is 5. The third-order valence-corrected chi connectivity index (χ3v) is 4.77. The van der Waals surface area contributed by atoms with Gasteiger partial charge in [-0.25, -0.2) is 4.39 Å². The molecule has 3 rings (SSSR count). The fourth-order valence-corrected chi connectivity index (χ4v) is 3.28. The summed E-state index contributed by atoms with van der Waals surface area (Å²) in [6.45, 7) is 3.40. The van der Waals surface area contributed by atoms with Crippen LogP contribution in [0.2, 0.25) is 0 Å². The summed E-state index contributed by atoms with van der Waals surface area (Å²) in [6, 6.07) is 7.75. The Hall–Kier alpha value is -2.10. The van der Waals surface area contributed by atoms with E-state index in [4.69, 9.17) is 9.47 Å². The Morgan fingerprint density at radius 2 is 1.82 bits per heavy atom. The summed E-state index contributed by atoms with van der Waals surface area (Å²) >= 11 is 0. The van der Waals surface area contributed by atoms with Crippen LogP contribution >= 0.6 is 0 Å². The van der Waals surface area contributed by atoms with Crippen molar-refractivity contribution in [2.75, 3.05) is 13.2 Å². The van der Waals surface area contributed by atoms with Gasteiger partial charge in [0, 0.05) is 22.8 Å². The molecule has 1 aliphatic rings. The topological polar surface area (TPSA) is 18.5 Å². The number of ether oxygens (including phenoxy) is 2. The largest absolute Gasteiger partial charge is 0.458 e. The molecule has 0 aliphatic carbocycles. The average Bonchev–Trinajstić information content (AvgIpc) is 2.67. The van der Waals surface area contributed by atoms with Crippen LogP contribution in [0, 0.1) is 23.6 Å². The van der Waals surface area contributed by atoms with Crippen molar-refractivity contribution in [2.45, 2.75) is 45.1 Å². The van der Waals surface area contributed by atoms with Crippen LogP contribution in [-0.2, 0) is 9.47 Å². The average molecular weight is 394 g/mol. The van der Waals surface area contributed by atoms with E-state index in [0.717, 1.165) is 24.3 Å². The molecule has 0 bridgehead atoms. The van der Waals surface area contributed by atoms with Crippen LogP contribution in [-0.4, -0.2) is 19.4 Å². The van der Waals surface area contributed by atoms with Crippen LogP contribution in [0.4, 0.5) is 17.6 Å². The summed E-state index contributed by atoms with van der Waals surface area (Å²) in [7, 11) is 0. The molecule has 2 aromatic carbocycles. The van der Waals surface area contributed by atoms with E-state index in [9.17, 15) is 17.6 Å². The minimum Gasteiger partial charge on any atom is -0.348 e. The summed E-state index contributed by atoms with van der Waals surface area (Å²) in [5.41, 5.74) is 0.477. The van der Waals surface area contributed by atoms with E-state index >= 15 is 0 Å². The molecule has 0 saturated carbocycles. The summed E-state index contributed by atoms with van der Waals surface area (Å²) < 4.78 is 62.8. The lowest BCUT2D eigenvalue weighted by Gasteiger charge is -2.29. The number of unbranched alkanes of at least 4 members (excludes halogenated alkanes) is 2. The van der Waals surface area contributed by atoms with Crippen molar-refractivity contribution in [1.82, 2.24) is 0 Å². The Morgan fingerprint density at radius 1 is 1.07 bits per heavy atom. The van der Waals surface area contributed by atoms with Gasteiger partial charge in [0.25, 0.3) is 0 Å². The molecule has 0 unspecified atom stereocenters. The fraction of sp³-hybridized carbons (Fsp3) is 0.455. The molecule has 2 nitrogen and oxygen atoms in total. The second kappa shape index (κ2) is 8.93. The van der Waals surface area contributed by atoms with Gasteiger partial charge in [-0.05, 0) is 23.9 Å². The van der Waals surface area contributed by atoms with Crippen molar-refractivity contribution in [1.29, 1.82) is 0 Å². The number of halogens is 4. The Bertz CT molecular complexity index is 872.